The molecule has 0 aliphatic heterocycles. The standard InChI is InChI=1S/C13H14N4OS/c1-18-9-2-3-11-12(5-9)19-13(17-11)10(14)4-8-6-15-7-16-8/h2-3,5-7,10H,4,14H2,1H3,(H,15,16). The van der Waals surface area contributed by atoms with Crippen molar-refractivity contribution in [1.82, 2.24) is 15.0 Å². The van der Waals surface area contributed by atoms with Crippen molar-refractivity contribution in [2.24, 2.45) is 5.73 Å². The number of nitrogens with two attached hydrogens (primary N) is 1. The molecule has 2 heterocycles. The summed E-state index contributed by atoms with van der Waals surface area (Å²) in [6.07, 6.45) is 4.15. The summed E-state index contributed by atoms with van der Waals surface area (Å²) in [5.74, 6) is 0.838. The zero-order chi connectivity index (χ0) is 13.2. The zero-order valence-corrected chi connectivity index (χ0v) is 11.3. The molecule has 0 bridgehead atoms. The molecule has 2 aromatic heterocycles. The minimum atomic E-state index is -0.121. The van der Waals surface area contributed by atoms with Crippen LogP contribution >= 0.6 is 11.3 Å². The van der Waals surface area contributed by atoms with Gasteiger partial charge in [0.2, 0.25) is 0 Å². The van der Waals surface area contributed by atoms with Gasteiger partial charge < -0.3 is 15.5 Å². The third-order valence-electron chi connectivity index (χ3n) is 2.92. The predicted molar refractivity (Wildman–Crippen MR) is 75.4 cm³/mol. The summed E-state index contributed by atoms with van der Waals surface area (Å²) in [7, 11) is 1.66. The molecular weight excluding hydrogens is 260 g/mol. The number of H-pyrrole nitrogens is 1. The van der Waals surface area contributed by atoms with Gasteiger partial charge in [0, 0.05) is 18.3 Å². The largest absolute Gasteiger partial charge is 0.497 e. The van der Waals surface area contributed by atoms with Crippen molar-refractivity contribution in [3.63, 3.8) is 0 Å². The van der Waals surface area contributed by atoms with Crippen molar-refractivity contribution < 1.29 is 4.74 Å². The molecule has 3 rings (SSSR count). The molecule has 0 saturated carbocycles. The number of aromatic amines is 1. The lowest BCUT2D eigenvalue weighted by Gasteiger charge is -2.05. The third kappa shape index (κ3) is 2.45. The normalized spacial score (nSPS) is 12.7. The molecule has 0 spiro atoms. The lowest BCUT2D eigenvalue weighted by atomic mass is 10.2. The fourth-order valence-corrected chi connectivity index (χ4v) is 2.93. The van der Waals surface area contributed by atoms with Crippen molar-refractivity contribution in [3.8, 4) is 5.75 Å². The fraction of sp³-hybridized carbons (Fsp3) is 0.231. The zero-order valence-electron chi connectivity index (χ0n) is 10.5. The molecule has 3 N–H and O–H groups in total. The Labute approximate surface area is 114 Å². The average molecular weight is 274 g/mol. The smallest absolute Gasteiger partial charge is 0.120 e. The number of hydrogen-bond acceptors (Lipinski definition) is 5. The van der Waals surface area contributed by atoms with E-state index >= 15 is 0 Å². The van der Waals surface area contributed by atoms with Crippen molar-refractivity contribution in [2.75, 3.05) is 7.11 Å². The number of methoxy groups -OCH3 is 1. The third-order valence-corrected chi connectivity index (χ3v) is 4.07. The molecule has 0 fully saturated rings. The summed E-state index contributed by atoms with van der Waals surface area (Å²) in [6, 6.07) is 5.73. The number of benzene rings is 1. The first-order valence-corrected chi connectivity index (χ1v) is 6.75. The minimum Gasteiger partial charge on any atom is -0.497 e. The highest BCUT2D eigenvalue weighted by Gasteiger charge is 2.13. The van der Waals surface area contributed by atoms with Crippen LogP contribution in [0.2, 0.25) is 0 Å². The van der Waals surface area contributed by atoms with Gasteiger partial charge in [-0.25, -0.2) is 9.97 Å². The molecule has 6 heteroatoms. The molecule has 5 nitrogen and oxygen atoms in total. The number of thiazole rings is 1. The average Bonchev–Trinajstić information content (AvgIpc) is 3.05. The van der Waals surface area contributed by atoms with Gasteiger partial charge in [-0.05, 0) is 18.2 Å². The van der Waals surface area contributed by atoms with Gasteiger partial charge in [0.05, 0.1) is 29.7 Å². The molecule has 0 aliphatic rings. The van der Waals surface area contributed by atoms with Gasteiger partial charge >= 0.3 is 0 Å². The van der Waals surface area contributed by atoms with Gasteiger partial charge in [0.1, 0.15) is 10.8 Å². The molecule has 1 aromatic carbocycles. The molecule has 0 radical (unpaired) electrons. The van der Waals surface area contributed by atoms with Gasteiger partial charge in [-0.15, -0.1) is 11.3 Å². The van der Waals surface area contributed by atoms with E-state index in [-0.39, 0.29) is 6.04 Å². The molecule has 1 atom stereocenters. The van der Waals surface area contributed by atoms with E-state index in [1.54, 1.807) is 31.0 Å². The number of hydrogen-bond donors (Lipinski definition) is 2. The van der Waals surface area contributed by atoms with Crippen LogP contribution in [-0.4, -0.2) is 22.1 Å². The van der Waals surface area contributed by atoms with E-state index in [4.69, 9.17) is 10.5 Å². The summed E-state index contributed by atoms with van der Waals surface area (Å²) in [6.45, 7) is 0. The van der Waals surface area contributed by atoms with Crippen LogP contribution in [0.15, 0.2) is 30.7 Å². The lowest BCUT2D eigenvalue weighted by Crippen LogP contribution is -2.13. The van der Waals surface area contributed by atoms with Crippen LogP contribution in [-0.2, 0) is 6.42 Å². The van der Waals surface area contributed by atoms with E-state index in [9.17, 15) is 0 Å². The van der Waals surface area contributed by atoms with E-state index in [0.717, 1.165) is 26.7 Å². The fourth-order valence-electron chi connectivity index (χ4n) is 1.93. The van der Waals surface area contributed by atoms with Crippen molar-refractivity contribution in [2.45, 2.75) is 12.5 Å². The van der Waals surface area contributed by atoms with Crippen LogP contribution in [0, 0.1) is 0 Å². The first kappa shape index (κ1) is 12.1. The molecular formula is C13H14N4OS. The molecule has 1 unspecified atom stereocenters. The van der Waals surface area contributed by atoms with E-state index < -0.39 is 0 Å². The number of aromatic nitrogens is 3. The Morgan fingerprint density at radius 3 is 3.11 bits per heavy atom. The van der Waals surface area contributed by atoms with Gasteiger partial charge in [0.25, 0.3) is 0 Å². The number of nitrogens with zero attached hydrogens (tertiary/aromatic N) is 2. The van der Waals surface area contributed by atoms with Crippen LogP contribution in [0.3, 0.4) is 0 Å². The Morgan fingerprint density at radius 1 is 1.47 bits per heavy atom. The minimum absolute atomic E-state index is 0.121. The van der Waals surface area contributed by atoms with Gasteiger partial charge in [-0.1, -0.05) is 0 Å². The Hall–Kier alpha value is -1.92. The highest BCUT2D eigenvalue weighted by molar-refractivity contribution is 7.18. The van der Waals surface area contributed by atoms with Crippen molar-refractivity contribution >= 4 is 21.6 Å². The predicted octanol–water partition coefficient (Wildman–Crippen LogP) is 2.27. The Kier molecular flexibility index (Phi) is 3.18. The maximum Gasteiger partial charge on any atom is 0.120 e. The number of rotatable bonds is 4. The van der Waals surface area contributed by atoms with Crippen LogP contribution in [0.25, 0.3) is 10.2 Å². The number of fused-ring (bicyclic) bond motifs is 1. The van der Waals surface area contributed by atoms with E-state index in [2.05, 4.69) is 15.0 Å². The van der Waals surface area contributed by atoms with Gasteiger partial charge in [0.15, 0.2) is 0 Å². The summed E-state index contributed by atoms with van der Waals surface area (Å²) in [4.78, 5) is 11.6. The lowest BCUT2D eigenvalue weighted by molar-refractivity contribution is 0.415. The number of ether oxygens (including phenoxy) is 1. The number of imidazole rings is 1. The van der Waals surface area contributed by atoms with Crippen LogP contribution in [0.4, 0.5) is 0 Å². The van der Waals surface area contributed by atoms with Crippen LogP contribution in [0.5, 0.6) is 5.75 Å². The maximum atomic E-state index is 6.19. The Morgan fingerprint density at radius 2 is 2.37 bits per heavy atom. The molecule has 0 saturated heterocycles. The van der Waals surface area contributed by atoms with Crippen molar-refractivity contribution in [3.05, 3.63) is 41.4 Å². The molecule has 3 aromatic rings. The Balaban J connectivity index is 1.88. The molecule has 19 heavy (non-hydrogen) atoms. The van der Waals surface area contributed by atoms with Gasteiger partial charge in [-0.2, -0.15) is 0 Å². The second-order valence-electron chi connectivity index (χ2n) is 4.27. The molecule has 0 amide bonds. The van der Waals surface area contributed by atoms with E-state index in [0.29, 0.717) is 6.42 Å². The monoisotopic (exact) mass is 274 g/mol. The summed E-state index contributed by atoms with van der Waals surface area (Å²) in [5, 5.41) is 0.929. The topological polar surface area (TPSA) is 76.8 Å². The highest BCUT2D eigenvalue weighted by atomic mass is 32.1. The molecule has 98 valence electrons. The summed E-state index contributed by atoms with van der Waals surface area (Å²) >= 11 is 1.61. The van der Waals surface area contributed by atoms with Crippen molar-refractivity contribution in [1.29, 1.82) is 0 Å². The van der Waals surface area contributed by atoms with Crippen LogP contribution in [0.1, 0.15) is 16.7 Å². The second-order valence-corrected chi connectivity index (χ2v) is 5.34. The first-order valence-electron chi connectivity index (χ1n) is 5.93. The summed E-state index contributed by atoms with van der Waals surface area (Å²) in [5.41, 5.74) is 8.17. The SMILES string of the molecule is COc1ccc2nc(C(N)Cc3cnc[nH]3)sc2c1. The summed E-state index contributed by atoms with van der Waals surface area (Å²) < 4.78 is 6.30. The maximum absolute atomic E-state index is 6.19. The second kappa shape index (κ2) is 4.99. The van der Waals surface area contributed by atoms with Crippen LogP contribution < -0.4 is 10.5 Å². The quantitative estimate of drug-likeness (QED) is 0.765. The van der Waals surface area contributed by atoms with Gasteiger partial charge in [-0.3, -0.25) is 0 Å². The number of nitrogens with one attached hydrogen (secondary N) is 1. The highest BCUT2D eigenvalue weighted by Crippen LogP contribution is 2.29. The van der Waals surface area contributed by atoms with E-state index in [1.807, 2.05) is 18.2 Å². The first-order chi connectivity index (χ1) is 9.26. The molecule has 0 aliphatic carbocycles. The van der Waals surface area contributed by atoms with E-state index in [1.165, 1.54) is 0 Å². The Bertz CT molecular complexity index is 677.